The molecular weight excluding hydrogens is 398 g/mol. The van der Waals surface area contributed by atoms with E-state index in [9.17, 15) is 9.59 Å². The van der Waals surface area contributed by atoms with Crippen molar-refractivity contribution in [1.82, 2.24) is 15.2 Å². The Morgan fingerprint density at radius 2 is 2.04 bits per heavy atom. The second-order valence-corrected chi connectivity index (χ2v) is 7.35. The molecule has 6 nitrogen and oxygen atoms in total. The van der Waals surface area contributed by atoms with E-state index in [1.165, 1.54) is 18.9 Å². The number of hydrogen-bond acceptors (Lipinski definition) is 6. The summed E-state index contributed by atoms with van der Waals surface area (Å²) in [7, 11) is 0. The summed E-state index contributed by atoms with van der Waals surface area (Å²) in [6, 6.07) is 7.37. The number of aromatic nitrogens is 1. The molecule has 1 aromatic heterocycles. The van der Waals surface area contributed by atoms with Gasteiger partial charge in [-0.15, -0.1) is 0 Å². The van der Waals surface area contributed by atoms with E-state index in [1.807, 2.05) is 24.3 Å². The smallest absolute Gasteiger partial charge is 0.246 e. The second kappa shape index (κ2) is 7.17. The lowest BCUT2D eigenvalue weighted by molar-refractivity contribution is 0.0956. The van der Waals surface area contributed by atoms with Gasteiger partial charge in [0.15, 0.2) is 5.69 Å². The monoisotopic (exact) mass is 415 g/mol. The maximum Gasteiger partial charge on any atom is 0.246 e. The number of Topliss-reactive ketones (excluding diaryl/α,β-unsaturated/α-hetero) is 1. The number of oxazole rings is 1. The van der Waals surface area contributed by atoms with Crippen LogP contribution in [0.2, 0.25) is 0 Å². The van der Waals surface area contributed by atoms with Crippen LogP contribution in [0.25, 0.3) is 11.5 Å². The number of carbonyl (C=O) groups excluding carboxylic acids is 2. The van der Waals surface area contributed by atoms with Crippen LogP contribution >= 0.6 is 15.9 Å². The molecule has 26 heavy (non-hydrogen) atoms. The van der Waals surface area contributed by atoms with Crippen molar-refractivity contribution < 1.29 is 14.0 Å². The number of nitrogens with one attached hydrogen (secondary N) is 1. The van der Waals surface area contributed by atoms with Crippen LogP contribution in [0.5, 0.6) is 0 Å². The van der Waals surface area contributed by atoms with Crippen molar-refractivity contribution >= 4 is 27.5 Å². The molecule has 2 aromatic rings. The van der Waals surface area contributed by atoms with E-state index in [4.69, 9.17) is 4.42 Å². The molecule has 0 atom stereocenters. The number of ketones is 2. The topological polar surface area (TPSA) is 75.4 Å². The lowest BCUT2D eigenvalue weighted by Gasteiger charge is -2.17. The Kier molecular flexibility index (Phi) is 4.74. The van der Waals surface area contributed by atoms with Gasteiger partial charge in [0.2, 0.25) is 23.2 Å². The number of nitrogens with zero attached hydrogens (tertiary/aromatic N) is 2. The zero-order valence-electron chi connectivity index (χ0n) is 14.1. The van der Waals surface area contributed by atoms with Gasteiger partial charge >= 0.3 is 0 Å². The Morgan fingerprint density at radius 1 is 1.23 bits per heavy atom. The van der Waals surface area contributed by atoms with Gasteiger partial charge in [0.1, 0.15) is 0 Å². The minimum absolute atomic E-state index is 0.0103. The molecule has 0 unspecified atom stereocenters. The number of rotatable bonds is 5. The summed E-state index contributed by atoms with van der Waals surface area (Å²) in [6.45, 7) is 3.66. The summed E-state index contributed by atoms with van der Waals surface area (Å²) >= 11 is 3.39. The third kappa shape index (κ3) is 3.37. The van der Waals surface area contributed by atoms with E-state index in [0.717, 1.165) is 24.1 Å². The van der Waals surface area contributed by atoms with Gasteiger partial charge in [-0.05, 0) is 44.1 Å². The van der Waals surface area contributed by atoms with Gasteiger partial charge in [0.25, 0.3) is 0 Å². The van der Waals surface area contributed by atoms with Crippen molar-refractivity contribution in [3.63, 3.8) is 0 Å². The fraction of sp³-hybridized carbons (Fsp3) is 0.316. The van der Waals surface area contributed by atoms with Gasteiger partial charge in [-0.1, -0.05) is 22.0 Å². The van der Waals surface area contributed by atoms with E-state index in [2.05, 4.69) is 31.1 Å². The third-order valence-electron chi connectivity index (χ3n) is 4.60. The van der Waals surface area contributed by atoms with Crippen LogP contribution in [0.4, 0.5) is 0 Å². The number of allylic oxidation sites excluding steroid dienone is 2. The number of hydrogen-bond donors (Lipinski definition) is 1. The SMILES string of the molecule is O=C1C=C(NCCN2CCCC2)C(=O)c2oc(-c3cccc(Br)c3)nc21. The molecule has 1 fully saturated rings. The Hall–Kier alpha value is -2.25. The van der Waals surface area contributed by atoms with Crippen LogP contribution in [0.15, 0.2) is 44.9 Å². The zero-order chi connectivity index (χ0) is 18.1. The summed E-state index contributed by atoms with van der Waals surface area (Å²) in [4.78, 5) is 31.6. The average Bonchev–Trinajstić information content (AvgIpc) is 3.29. The number of halogens is 1. The highest BCUT2D eigenvalue weighted by Gasteiger charge is 2.32. The summed E-state index contributed by atoms with van der Waals surface area (Å²) < 4.78 is 6.51. The molecular formula is C19H18BrN3O3. The standard InChI is InChI=1S/C19H18BrN3O3/c20-13-5-3-4-12(10-13)19-22-16-15(24)11-14(17(25)18(16)26-19)21-6-9-23-7-1-2-8-23/h3-5,10-11,21H,1-2,6-9H2. The van der Waals surface area contributed by atoms with E-state index in [-0.39, 0.29) is 34.6 Å². The summed E-state index contributed by atoms with van der Waals surface area (Å²) in [5, 5.41) is 3.08. The summed E-state index contributed by atoms with van der Waals surface area (Å²) in [5.41, 5.74) is 1.06. The lowest BCUT2D eigenvalue weighted by atomic mass is 10.0. The van der Waals surface area contributed by atoms with Gasteiger partial charge in [-0.25, -0.2) is 4.98 Å². The quantitative estimate of drug-likeness (QED) is 0.808. The molecule has 7 heteroatoms. The van der Waals surface area contributed by atoms with Crippen LogP contribution in [0, 0.1) is 0 Å². The van der Waals surface area contributed by atoms with Gasteiger partial charge in [-0.2, -0.15) is 0 Å². The fourth-order valence-corrected chi connectivity index (χ4v) is 3.66. The molecule has 4 rings (SSSR count). The van der Waals surface area contributed by atoms with Crippen LogP contribution in [0.1, 0.15) is 33.9 Å². The minimum atomic E-state index is -0.324. The highest BCUT2D eigenvalue weighted by atomic mass is 79.9. The van der Waals surface area contributed by atoms with Gasteiger partial charge in [0.05, 0.1) is 5.70 Å². The molecule has 134 valence electrons. The molecule has 0 bridgehead atoms. The van der Waals surface area contributed by atoms with Gasteiger partial charge < -0.3 is 14.6 Å². The molecule has 1 aliphatic carbocycles. The number of benzene rings is 1. The molecule has 2 heterocycles. The van der Waals surface area contributed by atoms with Crippen LogP contribution in [-0.2, 0) is 0 Å². The highest BCUT2D eigenvalue weighted by Crippen LogP contribution is 2.28. The Balaban J connectivity index is 1.51. The molecule has 0 radical (unpaired) electrons. The largest absolute Gasteiger partial charge is 0.432 e. The van der Waals surface area contributed by atoms with Crippen molar-refractivity contribution in [2.24, 2.45) is 0 Å². The normalized spacial score (nSPS) is 17.3. The van der Waals surface area contributed by atoms with E-state index < -0.39 is 0 Å². The predicted octanol–water partition coefficient (Wildman–Crippen LogP) is 3.05. The van der Waals surface area contributed by atoms with Crippen molar-refractivity contribution in [3.8, 4) is 11.5 Å². The first-order valence-corrected chi connectivity index (χ1v) is 9.45. The van der Waals surface area contributed by atoms with Crippen molar-refractivity contribution in [2.45, 2.75) is 12.8 Å². The van der Waals surface area contributed by atoms with Crippen LogP contribution in [-0.4, -0.2) is 47.6 Å². The van der Waals surface area contributed by atoms with Gasteiger partial charge in [-0.3, -0.25) is 9.59 Å². The van der Waals surface area contributed by atoms with Crippen LogP contribution in [0.3, 0.4) is 0 Å². The minimum Gasteiger partial charge on any atom is -0.432 e. The third-order valence-corrected chi connectivity index (χ3v) is 5.09. The molecule has 1 aliphatic heterocycles. The van der Waals surface area contributed by atoms with Crippen molar-refractivity contribution in [3.05, 3.63) is 52.0 Å². The van der Waals surface area contributed by atoms with E-state index in [1.54, 1.807) is 0 Å². The molecule has 2 aliphatic rings. The van der Waals surface area contributed by atoms with E-state index in [0.29, 0.717) is 12.1 Å². The zero-order valence-corrected chi connectivity index (χ0v) is 15.7. The first-order valence-electron chi connectivity index (χ1n) is 8.65. The lowest BCUT2D eigenvalue weighted by Crippen LogP contribution is -2.33. The van der Waals surface area contributed by atoms with Crippen molar-refractivity contribution in [2.75, 3.05) is 26.2 Å². The Labute approximate surface area is 159 Å². The Bertz CT molecular complexity index is 897. The maximum atomic E-state index is 12.7. The molecule has 1 N–H and O–H groups in total. The number of fused-ring (bicyclic) bond motifs is 1. The number of likely N-dealkylation sites (tertiary alicyclic amines) is 1. The van der Waals surface area contributed by atoms with E-state index >= 15 is 0 Å². The maximum absolute atomic E-state index is 12.7. The fourth-order valence-electron chi connectivity index (χ4n) is 3.26. The summed E-state index contributed by atoms with van der Waals surface area (Å²) in [6.07, 6.45) is 3.77. The summed E-state index contributed by atoms with van der Waals surface area (Å²) in [5.74, 6) is -0.357. The Morgan fingerprint density at radius 3 is 2.81 bits per heavy atom. The predicted molar refractivity (Wildman–Crippen MR) is 100 cm³/mol. The van der Waals surface area contributed by atoms with Gasteiger partial charge in [0, 0.05) is 29.2 Å². The first-order chi connectivity index (χ1) is 12.6. The van der Waals surface area contributed by atoms with Crippen LogP contribution < -0.4 is 5.32 Å². The number of carbonyl (C=O) groups is 2. The molecule has 1 saturated heterocycles. The molecule has 0 amide bonds. The van der Waals surface area contributed by atoms with Crippen molar-refractivity contribution in [1.29, 1.82) is 0 Å². The molecule has 0 spiro atoms. The first kappa shape index (κ1) is 17.2. The average molecular weight is 416 g/mol. The molecule has 0 saturated carbocycles. The molecule has 1 aromatic carbocycles. The highest BCUT2D eigenvalue weighted by molar-refractivity contribution is 9.10. The second-order valence-electron chi connectivity index (χ2n) is 6.43.